The van der Waals surface area contributed by atoms with Gasteiger partial charge in [-0.2, -0.15) is 0 Å². The molecule has 0 radical (unpaired) electrons. The summed E-state index contributed by atoms with van der Waals surface area (Å²) < 4.78 is 13.5. The van der Waals surface area contributed by atoms with Gasteiger partial charge in [-0.05, 0) is 48.7 Å². The van der Waals surface area contributed by atoms with Crippen molar-refractivity contribution in [1.29, 1.82) is 0 Å². The van der Waals surface area contributed by atoms with E-state index in [4.69, 9.17) is 0 Å². The number of carbonyl (C=O) groups excluding carboxylic acids is 2. The largest absolute Gasteiger partial charge is 0.386 e. The number of benzene rings is 3. The third kappa shape index (κ3) is 5.55. The minimum absolute atomic E-state index is 0.361. The summed E-state index contributed by atoms with van der Waals surface area (Å²) in [6.45, 7) is 3.27. The Hall–Kier alpha value is -3.51. The number of aryl methyl sites for hydroxylation is 1. The highest BCUT2D eigenvalue weighted by Gasteiger charge is 2.27. The zero-order valence-corrected chi connectivity index (χ0v) is 17.4. The molecule has 31 heavy (non-hydrogen) atoms. The van der Waals surface area contributed by atoms with Gasteiger partial charge in [0.1, 0.15) is 11.9 Å². The van der Waals surface area contributed by atoms with Crippen LogP contribution in [-0.4, -0.2) is 23.0 Å². The van der Waals surface area contributed by atoms with Gasteiger partial charge in [-0.25, -0.2) is 4.39 Å². The Balaban J connectivity index is 1.77. The van der Waals surface area contributed by atoms with Gasteiger partial charge in [0.05, 0.1) is 12.1 Å². The number of rotatable bonds is 7. The van der Waals surface area contributed by atoms with Crippen molar-refractivity contribution >= 4 is 11.8 Å². The van der Waals surface area contributed by atoms with E-state index in [1.807, 2.05) is 6.07 Å². The van der Waals surface area contributed by atoms with E-state index >= 15 is 0 Å². The van der Waals surface area contributed by atoms with Crippen LogP contribution >= 0.6 is 0 Å². The molecule has 5 nitrogen and oxygen atoms in total. The molecule has 0 fully saturated rings. The molecule has 0 heterocycles. The van der Waals surface area contributed by atoms with Crippen LogP contribution in [0.2, 0.25) is 0 Å². The Morgan fingerprint density at radius 3 is 2.10 bits per heavy atom. The normalized spacial score (nSPS) is 13.7. The first-order valence-corrected chi connectivity index (χ1v) is 10.0. The standard InChI is InChI=1S/C25H25FN2O3/c1-16-15-20(13-14-21(16)26)23(29)17(2)27-25(31)22(18-9-5-3-6-10-18)28-24(30)19-11-7-4-8-12-19/h3-15,17,22-23,29H,1-2H3,(H,27,31)(H,28,30). The fraction of sp³-hybridized carbons (Fsp3) is 0.200. The van der Waals surface area contributed by atoms with Crippen molar-refractivity contribution < 1.29 is 19.1 Å². The highest BCUT2D eigenvalue weighted by molar-refractivity contribution is 5.97. The smallest absolute Gasteiger partial charge is 0.252 e. The van der Waals surface area contributed by atoms with Crippen LogP contribution in [-0.2, 0) is 4.79 Å². The Labute approximate surface area is 180 Å². The van der Waals surface area contributed by atoms with Crippen molar-refractivity contribution in [3.05, 3.63) is 107 Å². The molecule has 0 saturated heterocycles. The lowest BCUT2D eigenvalue weighted by molar-refractivity contribution is -0.124. The van der Waals surface area contributed by atoms with Crippen LogP contribution in [0.1, 0.15) is 46.1 Å². The van der Waals surface area contributed by atoms with Crippen LogP contribution in [0.15, 0.2) is 78.9 Å². The Kier molecular flexibility index (Phi) is 7.15. The molecule has 3 aromatic rings. The third-order valence-corrected chi connectivity index (χ3v) is 5.07. The second-order valence-electron chi connectivity index (χ2n) is 7.43. The maximum Gasteiger partial charge on any atom is 0.252 e. The maximum absolute atomic E-state index is 13.5. The molecule has 0 saturated carbocycles. The Bertz CT molecular complexity index is 1040. The molecular weight excluding hydrogens is 395 g/mol. The van der Waals surface area contributed by atoms with Gasteiger partial charge in [-0.15, -0.1) is 0 Å². The number of carbonyl (C=O) groups is 2. The number of halogens is 1. The van der Waals surface area contributed by atoms with Crippen LogP contribution < -0.4 is 10.6 Å². The first kappa shape index (κ1) is 22.2. The third-order valence-electron chi connectivity index (χ3n) is 5.07. The second-order valence-corrected chi connectivity index (χ2v) is 7.43. The summed E-state index contributed by atoms with van der Waals surface area (Å²) in [6.07, 6.45) is -1.04. The van der Waals surface area contributed by atoms with Gasteiger partial charge in [0, 0.05) is 5.56 Å². The number of amides is 2. The van der Waals surface area contributed by atoms with Crippen LogP contribution in [0.25, 0.3) is 0 Å². The number of hydrogen-bond donors (Lipinski definition) is 3. The summed E-state index contributed by atoms with van der Waals surface area (Å²) in [5.41, 5.74) is 1.96. The van der Waals surface area contributed by atoms with E-state index in [0.29, 0.717) is 22.3 Å². The molecule has 6 heteroatoms. The molecule has 3 atom stereocenters. The van der Waals surface area contributed by atoms with E-state index in [-0.39, 0.29) is 11.7 Å². The van der Waals surface area contributed by atoms with Gasteiger partial charge in [-0.1, -0.05) is 60.7 Å². The van der Waals surface area contributed by atoms with Crippen molar-refractivity contribution in [3.63, 3.8) is 0 Å². The fourth-order valence-corrected chi connectivity index (χ4v) is 3.28. The predicted octanol–water partition coefficient (Wildman–Crippen LogP) is 3.84. The minimum atomic E-state index is -1.04. The number of aliphatic hydroxyl groups is 1. The first-order valence-electron chi connectivity index (χ1n) is 10.0. The average molecular weight is 420 g/mol. The predicted molar refractivity (Wildman–Crippen MR) is 117 cm³/mol. The van der Waals surface area contributed by atoms with E-state index in [0.717, 1.165) is 0 Å². The molecule has 0 aliphatic heterocycles. The number of aliphatic hydroxyl groups excluding tert-OH is 1. The highest BCUT2D eigenvalue weighted by atomic mass is 19.1. The number of nitrogens with one attached hydrogen (secondary N) is 2. The zero-order valence-electron chi connectivity index (χ0n) is 17.4. The van der Waals surface area contributed by atoms with Crippen molar-refractivity contribution in [2.45, 2.75) is 32.0 Å². The topological polar surface area (TPSA) is 78.4 Å². The molecule has 3 rings (SSSR count). The summed E-state index contributed by atoms with van der Waals surface area (Å²) in [4.78, 5) is 25.7. The fourth-order valence-electron chi connectivity index (χ4n) is 3.28. The molecule has 0 aliphatic rings. The highest BCUT2D eigenvalue weighted by Crippen LogP contribution is 2.21. The van der Waals surface area contributed by atoms with Crippen LogP contribution in [0, 0.1) is 12.7 Å². The lowest BCUT2D eigenvalue weighted by Crippen LogP contribution is -2.45. The van der Waals surface area contributed by atoms with Crippen LogP contribution in [0.3, 0.4) is 0 Å². The molecule has 160 valence electrons. The summed E-state index contributed by atoms with van der Waals surface area (Å²) in [7, 11) is 0. The molecule has 2 amide bonds. The molecule has 3 N–H and O–H groups in total. The Morgan fingerprint density at radius 2 is 1.48 bits per heavy atom. The monoisotopic (exact) mass is 420 g/mol. The van der Waals surface area contributed by atoms with Crippen molar-refractivity contribution in [2.24, 2.45) is 0 Å². The van der Waals surface area contributed by atoms with E-state index < -0.39 is 24.1 Å². The molecule has 0 aromatic heterocycles. The average Bonchev–Trinajstić information content (AvgIpc) is 2.79. The lowest BCUT2D eigenvalue weighted by atomic mass is 10.00. The van der Waals surface area contributed by atoms with Crippen molar-refractivity contribution in [1.82, 2.24) is 10.6 Å². The van der Waals surface area contributed by atoms with E-state index in [2.05, 4.69) is 10.6 Å². The molecule has 0 bridgehead atoms. The summed E-state index contributed by atoms with van der Waals surface area (Å²) in [5.74, 6) is -1.20. The quantitative estimate of drug-likeness (QED) is 0.543. The van der Waals surface area contributed by atoms with Gasteiger partial charge in [0.15, 0.2) is 0 Å². The van der Waals surface area contributed by atoms with Crippen molar-refractivity contribution in [3.8, 4) is 0 Å². The van der Waals surface area contributed by atoms with Gasteiger partial charge < -0.3 is 15.7 Å². The summed E-state index contributed by atoms with van der Waals surface area (Å²) in [6, 6.07) is 20.2. The van der Waals surface area contributed by atoms with Gasteiger partial charge in [0.2, 0.25) is 5.91 Å². The second kappa shape index (κ2) is 10.00. The van der Waals surface area contributed by atoms with Crippen LogP contribution in [0.5, 0.6) is 0 Å². The zero-order chi connectivity index (χ0) is 22.4. The van der Waals surface area contributed by atoms with E-state index in [9.17, 15) is 19.1 Å². The summed E-state index contributed by atoms with van der Waals surface area (Å²) in [5, 5.41) is 16.2. The van der Waals surface area contributed by atoms with Gasteiger partial charge >= 0.3 is 0 Å². The maximum atomic E-state index is 13.5. The van der Waals surface area contributed by atoms with Crippen LogP contribution in [0.4, 0.5) is 4.39 Å². The lowest BCUT2D eigenvalue weighted by Gasteiger charge is -2.25. The number of hydrogen-bond acceptors (Lipinski definition) is 3. The van der Waals surface area contributed by atoms with E-state index in [1.165, 1.54) is 12.1 Å². The molecule has 0 spiro atoms. The molecule has 3 aromatic carbocycles. The molecular formula is C25H25FN2O3. The van der Waals surface area contributed by atoms with Gasteiger partial charge in [-0.3, -0.25) is 9.59 Å². The minimum Gasteiger partial charge on any atom is -0.386 e. The first-order chi connectivity index (χ1) is 14.9. The Morgan fingerprint density at radius 1 is 0.871 bits per heavy atom. The van der Waals surface area contributed by atoms with Crippen molar-refractivity contribution in [2.75, 3.05) is 0 Å². The SMILES string of the molecule is Cc1cc(C(O)C(C)NC(=O)C(NC(=O)c2ccccc2)c2ccccc2)ccc1F. The van der Waals surface area contributed by atoms with Gasteiger partial charge in [0.25, 0.3) is 5.91 Å². The molecule has 3 unspecified atom stereocenters. The van der Waals surface area contributed by atoms with E-state index in [1.54, 1.807) is 74.5 Å². The summed E-state index contributed by atoms with van der Waals surface area (Å²) >= 11 is 0. The molecule has 0 aliphatic carbocycles.